The first-order valence-electron chi connectivity index (χ1n) is 4.59. The summed E-state index contributed by atoms with van der Waals surface area (Å²) >= 11 is 0. The molecule has 5 heteroatoms. The third-order valence-electron chi connectivity index (χ3n) is 2.03. The smallest absolute Gasteiger partial charge is 0.141 e. The Morgan fingerprint density at radius 1 is 1.33 bits per heavy atom. The van der Waals surface area contributed by atoms with Gasteiger partial charge in [-0.15, -0.1) is 0 Å². The van der Waals surface area contributed by atoms with Crippen LogP contribution in [0.2, 0.25) is 0 Å². The summed E-state index contributed by atoms with van der Waals surface area (Å²) in [4.78, 5) is 11.1. The molecule has 0 aliphatic carbocycles. The molecule has 78 valence electrons. The second kappa shape index (κ2) is 3.78. The van der Waals surface area contributed by atoms with Gasteiger partial charge in [0, 0.05) is 0 Å². The van der Waals surface area contributed by atoms with E-state index in [1.165, 1.54) is 12.3 Å². The highest BCUT2D eigenvalue weighted by Crippen LogP contribution is 2.16. The Morgan fingerprint density at radius 2 is 2.13 bits per heavy atom. The van der Waals surface area contributed by atoms with Crippen LogP contribution in [0.3, 0.4) is 0 Å². The standard InChI is InChI=1S/C10H11FN4/c1-6(12)10-14-5-9(15-10)8-3-2-7(11)4-13-8/h2-6H,12H2,1H3,(H,14,15). The highest BCUT2D eigenvalue weighted by Gasteiger charge is 2.07. The van der Waals surface area contributed by atoms with Crippen LogP contribution in [0.4, 0.5) is 4.39 Å². The Morgan fingerprint density at radius 3 is 2.67 bits per heavy atom. The summed E-state index contributed by atoms with van der Waals surface area (Å²) in [7, 11) is 0. The highest BCUT2D eigenvalue weighted by molar-refractivity contribution is 5.52. The van der Waals surface area contributed by atoms with E-state index < -0.39 is 0 Å². The fourth-order valence-electron chi connectivity index (χ4n) is 1.23. The predicted molar refractivity (Wildman–Crippen MR) is 54.4 cm³/mol. The first-order chi connectivity index (χ1) is 7.16. The first kappa shape index (κ1) is 9.79. The van der Waals surface area contributed by atoms with Crippen LogP contribution in [0.15, 0.2) is 24.5 Å². The average Bonchev–Trinajstić information content (AvgIpc) is 2.68. The summed E-state index contributed by atoms with van der Waals surface area (Å²) in [5, 5.41) is 0. The third kappa shape index (κ3) is 2.02. The molecule has 3 N–H and O–H groups in total. The zero-order chi connectivity index (χ0) is 10.8. The van der Waals surface area contributed by atoms with Gasteiger partial charge in [0.25, 0.3) is 0 Å². The third-order valence-corrected chi connectivity index (χ3v) is 2.03. The van der Waals surface area contributed by atoms with Crippen LogP contribution in [0.5, 0.6) is 0 Å². The van der Waals surface area contributed by atoms with Gasteiger partial charge in [0.2, 0.25) is 0 Å². The molecule has 1 atom stereocenters. The van der Waals surface area contributed by atoms with Crippen molar-refractivity contribution in [3.63, 3.8) is 0 Å². The van der Waals surface area contributed by atoms with Crippen LogP contribution in [0.25, 0.3) is 11.4 Å². The lowest BCUT2D eigenvalue weighted by Crippen LogP contribution is -2.06. The van der Waals surface area contributed by atoms with Crippen molar-refractivity contribution < 1.29 is 4.39 Å². The average molecular weight is 206 g/mol. The van der Waals surface area contributed by atoms with Gasteiger partial charge in [0.1, 0.15) is 11.6 Å². The Balaban J connectivity index is 2.33. The Bertz CT molecular complexity index is 447. The maximum absolute atomic E-state index is 12.6. The van der Waals surface area contributed by atoms with Gasteiger partial charge < -0.3 is 10.7 Å². The molecule has 1 unspecified atom stereocenters. The number of nitrogens with one attached hydrogen (secondary N) is 1. The van der Waals surface area contributed by atoms with Crippen LogP contribution in [-0.2, 0) is 0 Å². The van der Waals surface area contributed by atoms with E-state index in [2.05, 4.69) is 15.0 Å². The predicted octanol–water partition coefficient (Wildman–Crippen LogP) is 1.63. The number of nitrogens with zero attached hydrogens (tertiary/aromatic N) is 2. The quantitative estimate of drug-likeness (QED) is 0.784. The number of rotatable bonds is 2. The fourth-order valence-corrected chi connectivity index (χ4v) is 1.23. The van der Waals surface area contributed by atoms with Crippen molar-refractivity contribution >= 4 is 0 Å². The SMILES string of the molecule is CC(N)c1ncc(-c2ccc(F)cn2)[nH]1. The monoisotopic (exact) mass is 206 g/mol. The second-order valence-corrected chi connectivity index (χ2v) is 3.33. The minimum absolute atomic E-state index is 0.154. The number of aromatic amines is 1. The number of pyridine rings is 1. The van der Waals surface area contributed by atoms with E-state index in [-0.39, 0.29) is 11.9 Å². The van der Waals surface area contributed by atoms with Crippen molar-refractivity contribution in [3.8, 4) is 11.4 Å². The van der Waals surface area contributed by atoms with Gasteiger partial charge in [-0.25, -0.2) is 9.37 Å². The zero-order valence-corrected chi connectivity index (χ0v) is 8.24. The highest BCUT2D eigenvalue weighted by atomic mass is 19.1. The van der Waals surface area contributed by atoms with E-state index in [9.17, 15) is 4.39 Å². The number of hydrogen-bond donors (Lipinski definition) is 2. The van der Waals surface area contributed by atoms with Crippen LogP contribution >= 0.6 is 0 Å². The summed E-state index contributed by atoms with van der Waals surface area (Å²) in [6.07, 6.45) is 2.81. The molecular weight excluding hydrogens is 195 g/mol. The van der Waals surface area contributed by atoms with Crippen molar-refractivity contribution in [1.82, 2.24) is 15.0 Å². The molecule has 15 heavy (non-hydrogen) atoms. The summed E-state index contributed by atoms with van der Waals surface area (Å²) in [6.45, 7) is 1.83. The van der Waals surface area contributed by atoms with Gasteiger partial charge in [-0.05, 0) is 19.1 Å². The Hall–Kier alpha value is -1.75. The van der Waals surface area contributed by atoms with E-state index in [0.717, 1.165) is 5.69 Å². The maximum Gasteiger partial charge on any atom is 0.141 e. The molecule has 0 spiro atoms. The van der Waals surface area contributed by atoms with Crippen molar-refractivity contribution in [2.24, 2.45) is 5.73 Å². The molecule has 0 saturated heterocycles. The lowest BCUT2D eigenvalue weighted by Gasteiger charge is -1.99. The van der Waals surface area contributed by atoms with Crippen molar-refractivity contribution in [3.05, 3.63) is 36.2 Å². The minimum Gasteiger partial charge on any atom is -0.339 e. The van der Waals surface area contributed by atoms with Gasteiger partial charge in [-0.3, -0.25) is 4.98 Å². The molecular formula is C10H11FN4. The molecule has 0 radical (unpaired) electrons. The second-order valence-electron chi connectivity index (χ2n) is 3.33. The molecule has 2 aromatic heterocycles. The number of aromatic nitrogens is 3. The van der Waals surface area contributed by atoms with Gasteiger partial charge in [-0.1, -0.05) is 0 Å². The maximum atomic E-state index is 12.6. The lowest BCUT2D eigenvalue weighted by atomic mass is 10.3. The summed E-state index contributed by atoms with van der Waals surface area (Å²) in [6, 6.07) is 2.79. The summed E-state index contributed by atoms with van der Waals surface area (Å²) in [5.41, 5.74) is 7.04. The van der Waals surface area contributed by atoms with E-state index in [0.29, 0.717) is 11.5 Å². The Kier molecular flexibility index (Phi) is 2.47. The molecule has 0 saturated carbocycles. The normalized spacial score (nSPS) is 12.7. The molecule has 2 heterocycles. The van der Waals surface area contributed by atoms with Crippen molar-refractivity contribution in [2.75, 3.05) is 0 Å². The van der Waals surface area contributed by atoms with Gasteiger partial charge in [-0.2, -0.15) is 0 Å². The van der Waals surface area contributed by atoms with Gasteiger partial charge in [0.15, 0.2) is 0 Å². The molecule has 0 bridgehead atoms. The van der Waals surface area contributed by atoms with Crippen LogP contribution in [0.1, 0.15) is 18.8 Å². The Labute approximate surface area is 86.4 Å². The molecule has 0 aliphatic heterocycles. The number of nitrogens with two attached hydrogens (primary N) is 1. The van der Waals surface area contributed by atoms with Crippen LogP contribution in [-0.4, -0.2) is 15.0 Å². The van der Waals surface area contributed by atoms with Crippen LogP contribution in [0, 0.1) is 5.82 Å². The van der Waals surface area contributed by atoms with Crippen molar-refractivity contribution in [1.29, 1.82) is 0 Å². The number of halogens is 1. The minimum atomic E-state index is -0.356. The van der Waals surface area contributed by atoms with E-state index >= 15 is 0 Å². The van der Waals surface area contributed by atoms with Crippen LogP contribution < -0.4 is 5.73 Å². The largest absolute Gasteiger partial charge is 0.339 e. The number of H-pyrrole nitrogens is 1. The summed E-state index contributed by atoms with van der Waals surface area (Å²) in [5.74, 6) is 0.335. The lowest BCUT2D eigenvalue weighted by molar-refractivity contribution is 0.622. The topological polar surface area (TPSA) is 67.6 Å². The van der Waals surface area contributed by atoms with Gasteiger partial charge >= 0.3 is 0 Å². The van der Waals surface area contributed by atoms with E-state index in [4.69, 9.17) is 5.73 Å². The number of imidazole rings is 1. The molecule has 4 nitrogen and oxygen atoms in total. The summed E-state index contributed by atoms with van der Waals surface area (Å²) < 4.78 is 12.6. The van der Waals surface area contributed by atoms with Crippen molar-refractivity contribution in [2.45, 2.75) is 13.0 Å². The van der Waals surface area contributed by atoms with E-state index in [1.807, 2.05) is 6.92 Å². The number of hydrogen-bond acceptors (Lipinski definition) is 3. The molecule has 2 aromatic rings. The molecule has 0 aromatic carbocycles. The zero-order valence-electron chi connectivity index (χ0n) is 8.24. The first-order valence-corrected chi connectivity index (χ1v) is 4.59. The van der Waals surface area contributed by atoms with E-state index in [1.54, 1.807) is 12.3 Å². The molecule has 2 rings (SSSR count). The molecule has 0 aliphatic rings. The molecule has 0 fully saturated rings. The van der Waals surface area contributed by atoms with Gasteiger partial charge in [0.05, 0.1) is 29.8 Å². The fraction of sp³-hybridized carbons (Fsp3) is 0.200. The molecule has 0 amide bonds.